The molecule has 0 bridgehead atoms. The summed E-state index contributed by atoms with van der Waals surface area (Å²) in [6, 6.07) is 10.6. The number of Topliss-reactive ketones (excluding diaryl/α,β-unsaturated/α-hetero) is 1. The van der Waals surface area contributed by atoms with Gasteiger partial charge in [0.2, 0.25) is 0 Å². The number of thiophene rings is 1. The van der Waals surface area contributed by atoms with Crippen LogP contribution in [0, 0.1) is 11.3 Å². The second-order valence-electron chi connectivity index (χ2n) is 3.80. The minimum Gasteiger partial charge on any atom is -0.497 e. The van der Waals surface area contributed by atoms with Crippen LogP contribution in [-0.4, -0.2) is 12.9 Å². The van der Waals surface area contributed by atoms with Gasteiger partial charge in [-0.3, -0.25) is 4.79 Å². The molecule has 3 nitrogen and oxygen atoms in total. The molecule has 2 rings (SSSR count). The highest BCUT2D eigenvalue weighted by Gasteiger charge is 2.24. The third kappa shape index (κ3) is 2.78. The summed E-state index contributed by atoms with van der Waals surface area (Å²) in [6.07, 6.45) is 0. The van der Waals surface area contributed by atoms with Crippen molar-refractivity contribution in [2.45, 2.75) is 5.92 Å². The van der Waals surface area contributed by atoms with Crippen molar-refractivity contribution >= 4 is 28.7 Å². The highest BCUT2D eigenvalue weighted by molar-refractivity contribution is 7.12. The van der Waals surface area contributed by atoms with E-state index in [-0.39, 0.29) is 5.78 Å². The minimum absolute atomic E-state index is 0.271. The van der Waals surface area contributed by atoms with Gasteiger partial charge in [-0.25, -0.2) is 0 Å². The van der Waals surface area contributed by atoms with Crippen molar-refractivity contribution in [2.24, 2.45) is 0 Å². The van der Waals surface area contributed by atoms with Crippen LogP contribution in [0.1, 0.15) is 21.2 Å². The smallest absolute Gasteiger partial charge is 0.195 e. The van der Waals surface area contributed by atoms with Crippen molar-refractivity contribution < 1.29 is 9.53 Å². The molecule has 0 aliphatic heterocycles. The highest BCUT2D eigenvalue weighted by atomic mass is 35.5. The molecule has 1 aromatic heterocycles. The maximum atomic E-state index is 12.3. The van der Waals surface area contributed by atoms with E-state index in [1.54, 1.807) is 42.8 Å². The van der Waals surface area contributed by atoms with Crippen molar-refractivity contribution in [3.8, 4) is 11.8 Å². The molecule has 0 fully saturated rings. The van der Waals surface area contributed by atoms with Crippen LogP contribution in [0.4, 0.5) is 0 Å². The first-order chi connectivity index (χ1) is 9.17. The Bertz CT molecular complexity index is 628. The lowest BCUT2D eigenvalue weighted by Crippen LogP contribution is -2.10. The zero-order chi connectivity index (χ0) is 13.8. The maximum absolute atomic E-state index is 12.3. The van der Waals surface area contributed by atoms with Crippen molar-refractivity contribution in [3.05, 3.63) is 51.2 Å². The van der Waals surface area contributed by atoms with Crippen molar-refractivity contribution in [2.75, 3.05) is 7.11 Å². The summed E-state index contributed by atoms with van der Waals surface area (Å²) in [5, 5.41) is 11.4. The Morgan fingerprint density at radius 3 is 2.53 bits per heavy atom. The van der Waals surface area contributed by atoms with E-state index in [4.69, 9.17) is 16.3 Å². The third-order valence-electron chi connectivity index (χ3n) is 2.68. The van der Waals surface area contributed by atoms with Crippen molar-refractivity contribution in [3.63, 3.8) is 0 Å². The lowest BCUT2D eigenvalue weighted by atomic mass is 9.95. The van der Waals surface area contributed by atoms with E-state index in [9.17, 15) is 10.1 Å². The quantitative estimate of drug-likeness (QED) is 0.803. The Kier molecular flexibility index (Phi) is 4.20. The largest absolute Gasteiger partial charge is 0.497 e. The number of halogens is 1. The Morgan fingerprint density at radius 2 is 2.05 bits per heavy atom. The number of methoxy groups -OCH3 is 1. The van der Waals surface area contributed by atoms with Crippen molar-refractivity contribution in [1.82, 2.24) is 0 Å². The fraction of sp³-hybridized carbons (Fsp3) is 0.143. The molecule has 0 saturated heterocycles. The number of carbonyl (C=O) groups excluding carboxylic acids is 1. The average Bonchev–Trinajstić information content (AvgIpc) is 2.86. The van der Waals surface area contributed by atoms with E-state index >= 15 is 0 Å². The van der Waals surface area contributed by atoms with E-state index in [1.165, 1.54) is 11.3 Å². The number of ether oxygens (including phenoxy) is 1. The number of benzene rings is 1. The van der Waals surface area contributed by atoms with E-state index in [0.29, 0.717) is 21.2 Å². The third-order valence-corrected chi connectivity index (χ3v) is 4.04. The number of nitriles is 1. The van der Waals surface area contributed by atoms with Gasteiger partial charge in [0.15, 0.2) is 5.78 Å². The molecular formula is C14H10ClNO2S. The predicted molar refractivity (Wildman–Crippen MR) is 75.0 cm³/mol. The van der Waals surface area contributed by atoms with Gasteiger partial charge in [-0.15, -0.1) is 11.3 Å². The molecule has 0 aliphatic rings. The minimum atomic E-state index is -0.845. The molecule has 0 aliphatic carbocycles. The molecule has 1 atom stereocenters. The van der Waals surface area contributed by atoms with Crippen LogP contribution in [0.15, 0.2) is 35.7 Å². The lowest BCUT2D eigenvalue weighted by Gasteiger charge is -2.08. The first-order valence-corrected chi connectivity index (χ1v) is 6.74. The van der Waals surface area contributed by atoms with Crippen LogP contribution >= 0.6 is 22.9 Å². The van der Waals surface area contributed by atoms with E-state index in [0.717, 1.165) is 0 Å². The Morgan fingerprint density at radius 1 is 1.37 bits per heavy atom. The lowest BCUT2D eigenvalue weighted by molar-refractivity contribution is 0.0983. The molecule has 0 radical (unpaired) electrons. The molecule has 0 N–H and O–H groups in total. The Hall–Kier alpha value is -1.83. The van der Waals surface area contributed by atoms with Crippen LogP contribution in [0.3, 0.4) is 0 Å². The number of nitrogens with zero attached hydrogens (tertiary/aromatic N) is 1. The maximum Gasteiger partial charge on any atom is 0.195 e. The Balaban J connectivity index is 2.32. The second-order valence-corrected chi connectivity index (χ2v) is 5.12. The van der Waals surface area contributed by atoms with Gasteiger partial charge in [0.05, 0.1) is 23.1 Å². The second kappa shape index (κ2) is 5.87. The SMILES string of the molecule is COc1ccc(C(C#N)C(=O)c2sccc2Cl)cc1. The van der Waals surface area contributed by atoms with Gasteiger partial charge in [-0.1, -0.05) is 23.7 Å². The summed E-state index contributed by atoms with van der Waals surface area (Å²) in [5.41, 5.74) is 0.637. The predicted octanol–water partition coefficient (Wildman–Crippen LogP) is 3.90. The molecule has 0 spiro atoms. The van der Waals surface area contributed by atoms with E-state index in [2.05, 4.69) is 0 Å². The normalized spacial score (nSPS) is 11.6. The van der Waals surface area contributed by atoms with Gasteiger partial charge >= 0.3 is 0 Å². The summed E-state index contributed by atoms with van der Waals surface area (Å²) >= 11 is 7.18. The van der Waals surface area contributed by atoms with E-state index < -0.39 is 5.92 Å². The zero-order valence-corrected chi connectivity index (χ0v) is 11.7. The summed E-state index contributed by atoms with van der Waals surface area (Å²) in [4.78, 5) is 12.7. The first-order valence-electron chi connectivity index (χ1n) is 5.48. The fourth-order valence-electron chi connectivity index (χ4n) is 1.68. The molecule has 1 aromatic carbocycles. The summed E-state index contributed by atoms with van der Waals surface area (Å²) in [6.45, 7) is 0. The molecule has 5 heteroatoms. The van der Waals surface area contributed by atoms with Gasteiger partial charge in [0, 0.05) is 0 Å². The van der Waals surface area contributed by atoms with Crippen LogP contribution in [0.2, 0.25) is 5.02 Å². The molecule has 0 amide bonds. The van der Waals surface area contributed by atoms with Crippen LogP contribution in [0.5, 0.6) is 5.75 Å². The zero-order valence-electron chi connectivity index (χ0n) is 10.1. The molecule has 1 heterocycles. The molecule has 0 saturated carbocycles. The van der Waals surface area contributed by atoms with Gasteiger partial charge in [0.25, 0.3) is 0 Å². The number of rotatable bonds is 4. The number of hydrogen-bond donors (Lipinski definition) is 0. The van der Waals surface area contributed by atoms with E-state index in [1.807, 2.05) is 6.07 Å². The van der Waals surface area contributed by atoms with Crippen LogP contribution in [-0.2, 0) is 0 Å². The summed E-state index contributed by atoms with van der Waals surface area (Å²) in [5.74, 6) is -0.434. The molecule has 96 valence electrons. The van der Waals surface area contributed by atoms with Crippen molar-refractivity contribution in [1.29, 1.82) is 5.26 Å². The molecular weight excluding hydrogens is 282 g/mol. The highest BCUT2D eigenvalue weighted by Crippen LogP contribution is 2.29. The summed E-state index contributed by atoms with van der Waals surface area (Å²) < 4.78 is 5.05. The fourth-order valence-corrected chi connectivity index (χ4v) is 2.80. The molecule has 19 heavy (non-hydrogen) atoms. The number of carbonyl (C=O) groups is 1. The van der Waals surface area contributed by atoms with Crippen LogP contribution < -0.4 is 4.74 Å². The van der Waals surface area contributed by atoms with Gasteiger partial charge in [-0.05, 0) is 29.1 Å². The number of hydrogen-bond acceptors (Lipinski definition) is 4. The number of ketones is 1. The van der Waals surface area contributed by atoms with Crippen LogP contribution in [0.25, 0.3) is 0 Å². The standard InChI is InChI=1S/C14H10ClNO2S/c1-18-10-4-2-9(3-5-10)11(8-16)13(17)14-12(15)6-7-19-14/h2-7,11H,1H3. The monoisotopic (exact) mass is 291 g/mol. The van der Waals surface area contributed by atoms with Gasteiger partial charge < -0.3 is 4.74 Å². The van der Waals surface area contributed by atoms with Gasteiger partial charge in [-0.2, -0.15) is 5.26 Å². The Labute approximate surface area is 120 Å². The molecule has 2 aromatic rings. The average molecular weight is 292 g/mol. The first kappa shape index (κ1) is 13.6. The molecule has 1 unspecified atom stereocenters. The summed E-state index contributed by atoms with van der Waals surface area (Å²) in [7, 11) is 1.56. The topological polar surface area (TPSA) is 50.1 Å². The van der Waals surface area contributed by atoms with Gasteiger partial charge in [0.1, 0.15) is 11.7 Å².